The second-order valence-corrected chi connectivity index (χ2v) is 6.73. The molecule has 0 unspecified atom stereocenters. The molecule has 26 heavy (non-hydrogen) atoms. The molecule has 0 radical (unpaired) electrons. The fraction of sp³-hybridized carbons (Fsp3) is 0.167. The lowest BCUT2D eigenvalue weighted by Gasteiger charge is -2.08. The summed E-state index contributed by atoms with van der Waals surface area (Å²) in [5, 5.41) is 3.79. The maximum atomic E-state index is 6.37. The van der Waals surface area contributed by atoms with Crippen molar-refractivity contribution in [1.82, 2.24) is 4.57 Å². The van der Waals surface area contributed by atoms with Crippen LogP contribution in [0.1, 0.15) is 25.2 Å². The lowest BCUT2D eigenvalue weighted by molar-refractivity contribution is 0.550. The Hall–Kier alpha value is -3.00. The van der Waals surface area contributed by atoms with Gasteiger partial charge in [0.05, 0.1) is 16.7 Å². The summed E-state index contributed by atoms with van der Waals surface area (Å²) in [5.41, 5.74) is 5.88. The van der Waals surface area contributed by atoms with Gasteiger partial charge in [-0.05, 0) is 24.6 Å². The second kappa shape index (κ2) is 5.77. The topological polar surface area (TPSA) is 18.1 Å². The highest BCUT2D eigenvalue weighted by Gasteiger charge is 2.18. The van der Waals surface area contributed by atoms with Crippen LogP contribution >= 0.6 is 0 Å². The molecule has 0 saturated carbocycles. The predicted octanol–water partition coefficient (Wildman–Crippen LogP) is 6.65. The molecule has 5 aromatic rings. The summed E-state index contributed by atoms with van der Waals surface area (Å²) >= 11 is 0. The number of furan rings is 1. The van der Waals surface area contributed by atoms with Crippen LogP contribution in [0.2, 0.25) is 0 Å². The third-order valence-corrected chi connectivity index (χ3v) is 5.38. The Morgan fingerprint density at radius 2 is 1.31 bits per heavy atom. The molecular weight excluding hydrogens is 318 g/mol. The van der Waals surface area contributed by atoms with Crippen molar-refractivity contribution in [3.05, 3.63) is 78.1 Å². The van der Waals surface area contributed by atoms with E-state index in [0.717, 1.165) is 29.9 Å². The van der Waals surface area contributed by atoms with Gasteiger partial charge in [-0.1, -0.05) is 62.4 Å². The summed E-state index contributed by atoms with van der Waals surface area (Å²) in [6.07, 6.45) is 1.91. The molecule has 0 spiro atoms. The Balaban J connectivity index is 1.96. The average molecular weight is 339 g/mol. The highest BCUT2D eigenvalue weighted by molar-refractivity contribution is 6.10. The lowest BCUT2D eigenvalue weighted by atomic mass is 10.1. The molecule has 2 heteroatoms. The van der Waals surface area contributed by atoms with Crippen molar-refractivity contribution < 1.29 is 4.42 Å². The van der Waals surface area contributed by atoms with Gasteiger partial charge in [0.25, 0.3) is 0 Å². The van der Waals surface area contributed by atoms with E-state index in [4.69, 9.17) is 4.42 Å². The molecule has 0 bridgehead atoms. The van der Waals surface area contributed by atoms with Crippen LogP contribution in [-0.4, -0.2) is 4.57 Å². The van der Waals surface area contributed by atoms with Crippen molar-refractivity contribution in [1.29, 1.82) is 0 Å². The molecule has 2 nitrogen and oxygen atoms in total. The molecule has 2 aromatic heterocycles. The summed E-state index contributed by atoms with van der Waals surface area (Å²) in [6.45, 7) is 4.37. The molecule has 0 aliphatic carbocycles. The Morgan fingerprint density at radius 1 is 0.692 bits per heavy atom. The SMILES string of the molecule is CCc1oc2c(-n3c4ccccc4c4ccccc43)cccc2c1CC. The van der Waals surface area contributed by atoms with Gasteiger partial charge < -0.3 is 8.98 Å². The number of hydrogen-bond donors (Lipinski definition) is 0. The molecule has 3 aromatic carbocycles. The van der Waals surface area contributed by atoms with Crippen LogP contribution in [0, 0.1) is 0 Å². The van der Waals surface area contributed by atoms with Gasteiger partial charge in [-0.3, -0.25) is 0 Å². The number of aromatic nitrogens is 1. The minimum absolute atomic E-state index is 0.921. The zero-order valence-corrected chi connectivity index (χ0v) is 15.1. The van der Waals surface area contributed by atoms with E-state index in [2.05, 4.69) is 85.1 Å². The molecule has 2 heterocycles. The van der Waals surface area contributed by atoms with Crippen LogP contribution < -0.4 is 0 Å². The maximum Gasteiger partial charge on any atom is 0.158 e. The van der Waals surface area contributed by atoms with Crippen molar-refractivity contribution in [3.63, 3.8) is 0 Å². The van der Waals surface area contributed by atoms with Crippen LogP contribution in [0.15, 0.2) is 71.1 Å². The Morgan fingerprint density at radius 3 is 1.92 bits per heavy atom. The molecule has 0 N–H and O–H groups in total. The first-order valence-electron chi connectivity index (χ1n) is 9.35. The maximum absolute atomic E-state index is 6.37. The minimum Gasteiger partial charge on any atom is -0.459 e. The molecule has 0 aliphatic rings. The number of para-hydroxylation sites is 3. The first-order valence-corrected chi connectivity index (χ1v) is 9.35. The molecule has 0 aliphatic heterocycles. The zero-order valence-electron chi connectivity index (χ0n) is 15.1. The molecule has 0 fully saturated rings. The van der Waals surface area contributed by atoms with E-state index in [9.17, 15) is 0 Å². The van der Waals surface area contributed by atoms with Gasteiger partial charge in [-0.15, -0.1) is 0 Å². The minimum atomic E-state index is 0.921. The smallest absolute Gasteiger partial charge is 0.158 e. The van der Waals surface area contributed by atoms with Crippen molar-refractivity contribution in [2.24, 2.45) is 0 Å². The fourth-order valence-electron chi connectivity index (χ4n) is 4.24. The normalized spacial score (nSPS) is 11.8. The van der Waals surface area contributed by atoms with E-state index in [-0.39, 0.29) is 0 Å². The molecule has 0 atom stereocenters. The summed E-state index contributed by atoms with van der Waals surface area (Å²) < 4.78 is 8.71. The third kappa shape index (κ3) is 1.99. The summed E-state index contributed by atoms with van der Waals surface area (Å²) in [4.78, 5) is 0. The predicted molar refractivity (Wildman–Crippen MR) is 109 cm³/mol. The molecule has 128 valence electrons. The van der Waals surface area contributed by atoms with Gasteiger partial charge in [0.1, 0.15) is 5.76 Å². The van der Waals surface area contributed by atoms with Crippen molar-refractivity contribution >= 4 is 32.8 Å². The first-order chi connectivity index (χ1) is 12.8. The highest BCUT2D eigenvalue weighted by atomic mass is 16.3. The van der Waals surface area contributed by atoms with E-state index in [1.807, 2.05) is 0 Å². The highest BCUT2D eigenvalue weighted by Crippen LogP contribution is 2.37. The van der Waals surface area contributed by atoms with E-state index in [1.54, 1.807) is 0 Å². The first kappa shape index (κ1) is 15.3. The Bertz CT molecular complexity index is 1200. The van der Waals surface area contributed by atoms with E-state index < -0.39 is 0 Å². The van der Waals surface area contributed by atoms with Crippen LogP contribution in [0.4, 0.5) is 0 Å². The van der Waals surface area contributed by atoms with E-state index in [0.29, 0.717) is 0 Å². The summed E-state index contributed by atoms with van der Waals surface area (Å²) in [7, 11) is 0. The van der Waals surface area contributed by atoms with Gasteiger partial charge in [-0.2, -0.15) is 0 Å². The summed E-state index contributed by atoms with van der Waals surface area (Å²) in [5.74, 6) is 1.11. The standard InChI is InChI=1S/C24H21NO/c1-3-16-19-12-9-15-22(24(19)26-23(16)4-2)25-20-13-7-5-10-17(20)18-11-6-8-14-21(18)25/h5-15H,3-4H2,1-2H3. The van der Waals surface area contributed by atoms with Crippen molar-refractivity contribution in [3.8, 4) is 5.69 Å². The van der Waals surface area contributed by atoms with Crippen LogP contribution in [-0.2, 0) is 12.8 Å². The largest absolute Gasteiger partial charge is 0.459 e. The molecule has 0 saturated heterocycles. The Kier molecular flexibility index (Phi) is 3.39. The van der Waals surface area contributed by atoms with Gasteiger partial charge in [-0.25, -0.2) is 0 Å². The lowest BCUT2D eigenvalue weighted by Crippen LogP contribution is -1.94. The van der Waals surface area contributed by atoms with Crippen LogP contribution in [0.25, 0.3) is 38.5 Å². The van der Waals surface area contributed by atoms with Crippen molar-refractivity contribution in [2.75, 3.05) is 0 Å². The number of hydrogen-bond acceptors (Lipinski definition) is 1. The van der Waals surface area contributed by atoms with Gasteiger partial charge in [0.2, 0.25) is 0 Å². The van der Waals surface area contributed by atoms with Gasteiger partial charge in [0, 0.05) is 28.1 Å². The zero-order chi connectivity index (χ0) is 17.7. The second-order valence-electron chi connectivity index (χ2n) is 6.73. The molecule has 5 rings (SSSR count). The van der Waals surface area contributed by atoms with Gasteiger partial charge in [0.15, 0.2) is 5.58 Å². The average Bonchev–Trinajstić information content (AvgIpc) is 3.23. The van der Waals surface area contributed by atoms with Crippen LogP contribution in [0.5, 0.6) is 0 Å². The number of rotatable bonds is 3. The molecular formula is C24H21NO. The number of aryl methyl sites for hydroxylation is 2. The van der Waals surface area contributed by atoms with Crippen molar-refractivity contribution in [2.45, 2.75) is 26.7 Å². The monoisotopic (exact) mass is 339 g/mol. The van der Waals surface area contributed by atoms with E-state index in [1.165, 1.54) is 32.8 Å². The van der Waals surface area contributed by atoms with E-state index >= 15 is 0 Å². The van der Waals surface area contributed by atoms with Crippen LogP contribution in [0.3, 0.4) is 0 Å². The van der Waals surface area contributed by atoms with Gasteiger partial charge >= 0.3 is 0 Å². The number of fused-ring (bicyclic) bond motifs is 4. The quantitative estimate of drug-likeness (QED) is 0.359. The Labute approximate surface area is 152 Å². The number of nitrogens with zero attached hydrogens (tertiary/aromatic N) is 1. The number of benzene rings is 3. The third-order valence-electron chi connectivity index (χ3n) is 5.38. The summed E-state index contributed by atoms with van der Waals surface area (Å²) in [6, 6.07) is 23.7. The fourth-order valence-corrected chi connectivity index (χ4v) is 4.24. The molecule has 0 amide bonds.